The first-order chi connectivity index (χ1) is 18.3. The Hall–Kier alpha value is -2.55. The second-order valence-corrected chi connectivity index (χ2v) is 11.2. The lowest BCUT2D eigenvalue weighted by Gasteiger charge is -2.46. The number of fused-ring (bicyclic) bond motifs is 1. The summed E-state index contributed by atoms with van der Waals surface area (Å²) in [5, 5.41) is 16.2. The zero-order valence-electron chi connectivity index (χ0n) is 22.0. The highest BCUT2D eigenvalue weighted by Crippen LogP contribution is 2.32. The van der Waals surface area contributed by atoms with E-state index in [0.717, 1.165) is 66.8 Å². The van der Waals surface area contributed by atoms with Gasteiger partial charge in [-0.1, -0.05) is 36.2 Å². The molecule has 2 aliphatic heterocycles. The molecule has 1 N–H and O–H groups in total. The smallest absolute Gasteiger partial charge is 0.373 e. The van der Waals surface area contributed by atoms with Gasteiger partial charge in [-0.2, -0.15) is 14.7 Å². The predicted molar refractivity (Wildman–Crippen MR) is 147 cm³/mol. The fourth-order valence-electron chi connectivity index (χ4n) is 5.85. The van der Waals surface area contributed by atoms with Gasteiger partial charge in [-0.25, -0.2) is 14.6 Å². The van der Waals surface area contributed by atoms with Crippen LogP contribution in [0.5, 0.6) is 0 Å². The van der Waals surface area contributed by atoms with Crippen LogP contribution < -0.4 is 4.90 Å². The largest absolute Gasteiger partial charge is 0.396 e. The van der Waals surface area contributed by atoms with E-state index in [9.17, 15) is 5.11 Å². The average molecular weight is 562 g/mol. The van der Waals surface area contributed by atoms with Crippen molar-refractivity contribution < 1.29 is 14.7 Å². The molecular formula is C27H34Cl2N6O3. The molecule has 0 unspecified atom stereocenters. The van der Waals surface area contributed by atoms with Crippen molar-refractivity contribution in [3.05, 3.63) is 45.7 Å². The number of hydrogen-bond donors (Lipinski definition) is 1. The third kappa shape index (κ3) is 6.03. The molecule has 3 aromatic rings. The first-order valence-corrected chi connectivity index (χ1v) is 13.8. The Morgan fingerprint density at radius 1 is 1.18 bits per heavy atom. The summed E-state index contributed by atoms with van der Waals surface area (Å²) >= 11 is 12.6. The Morgan fingerprint density at radius 3 is 2.63 bits per heavy atom. The number of piperidine rings is 2. The Labute approximate surface area is 232 Å². The minimum atomic E-state index is -0.127. The first kappa shape index (κ1) is 28.5. The molecule has 1 aromatic carbocycles. The minimum Gasteiger partial charge on any atom is -0.396 e. The Bertz CT molecular complexity index is 1300. The van der Waals surface area contributed by atoms with Gasteiger partial charge in [0.15, 0.2) is 5.65 Å². The lowest BCUT2D eigenvalue weighted by atomic mass is 9.88. The van der Waals surface area contributed by atoms with Gasteiger partial charge in [-0.15, -0.1) is 0 Å². The zero-order valence-corrected chi connectivity index (χ0v) is 23.5. The van der Waals surface area contributed by atoms with E-state index in [1.54, 1.807) is 6.07 Å². The van der Waals surface area contributed by atoms with E-state index in [4.69, 9.17) is 47.9 Å². The second kappa shape index (κ2) is 12.5. The Balaban J connectivity index is 0.00000107. The fourth-order valence-corrected chi connectivity index (χ4v) is 6.42. The van der Waals surface area contributed by atoms with Crippen molar-refractivity contribution in [3.63, 3.8) is 0 Å². The highest BCUT2D eigenvalue weighted by atomic mass is 35.5. The number of carbonyl (C=O) groups excluding carboxylic acids is 2. The van der Waals surface area contributed by atoms with E-state index in [-0.39, 0.29) is 24.7 Å². The van der Waals surface area contributed by atoms with Gasteiger partial charge in [0.2, 0.25) is 0 Å². The number of aliphatic hydroxyl groups excluding tert-OH is 1. The van der Waals surface area contributed by atoms with Crippen LogP contribution in [-0.4, -0.2) is 74.7 Å². The van der Waals surface area contributed by atoms with Gasteiger partial charge in [0.1, 0.15) is 11.3 Å². The number of rotatable bonds is 5. The van der Waals surface area contributed by atoms with Crippen LogP contribution in [0, 0.1) is 18.8 Å². The predicted octanol–water partition coefficient (Wildman–Crippen LogP) is 4.39. The van der Waals surface area contributed by atoms with Gasteiger partial charge in [-0.05, 0) is 63.3 Å². The number of aryl methyl sites for hydroxylation is 1. The van der Waals surface area contributed by atoms with Crippen LogP contribution in [0.15, 0.2) is 24.4 Å². The third-order valence-corrected chi connectivity index (χ3v) is 8.31. The topological polar surface area (TPSA) is 104 Å². The van der Waals surface area contributed by atoms with Crippen molar-refractivity contribution in [2.24, 2.45) is 11.8 Å². The summed E-state index contributed by atoms with van der Waals surface area (Å²) in [5.41, 5.74) is 3.30. The van der Waals surface area contributed by atoms with E-state index < -0.39 is 0 Å². The van der Waals surface area contributed by atoms with Crippen LogP contribution in [-0.2, 0) is 9.59 Å². The van der Waals surface area contributed by atoms with Gasteiger partial charge < -0.3 is 10.0 Å². The number of benzene rings is 1. The first-order valence-electron chi connectivity index (χ1n) is 13.0. The van der Waals surface area contributed by atoms with Crippen molar-refractivity contribution in [2.45, 2.75) is 52.1 Å². The van der Waals surface area contributed by atoms with Crippen molar-refractivity contribution in [3.8, 4) is 0 Å². The van der Waals surface area contributed by atoms with Gasteiger partial charge in [-0.3, -0.25) is 4.90 Å². The van der Waals surface area contributed by atoms with E-state index in [0.29, 0.717) is 16.1 Å². The van der Waals surface area contributed by atoms with E-state index in [1.807, 2.05) is 29.9 Å². The summed E-state index contributed by atoms with van der Waals surface area (Å²) < 4.78 is 1.90. The third-order valence-electron chi connectivity index (χ3n) is 7.75. The summed E-state index contributed by atoms with van der Waals surface area (Å²) in [6.45, 7) is 10.5. The SMILES string of the molecule is Cc1nn([C@H](C)c2ccc(Cl)cc2Cl)c2nc(N3CC[C@H](N4CCC[C@@H](C)C4)[C@H](CO)C3)cnc12.O=C=O. The van der Waals surface area contributed by atoms with Gasteiger partial charge in [0.25, 0.3) is 0 Å². The number of aliphatic hydroxyl groups is 1. The maximum atomic E-state index is 10.3. The van der Waals surface area contributed by atoms with E-state index in [1.165, 1.54) is 12.8 Å². The van der Waals surface area contributed by atoms with Crippen LogP contribution in [0.3, 0.4) is 0 Å². The molecule has 11 heteroatoms. The molecular weight excluding hydrogens is 527 g/mol. The normalized spacial score (nSPS) is 23.0. The van der Waals surface area contributed by atoms with Crippen molar-refractivity contribution in [1.29, 1.82) is 0 Å². The molecule has 38 heavy (non-hydrogen) atoms. The number of nitrogens with zero attached hydrogens (tertiary/aromatic N) is 6. The lowest BCUT2D eigenvalue weighted by Crippen LogP contribution is -2.54. The molecule has 9 nitrogen and oxygen atoms in total. The van der Waals surface area contributed by atoms with E-state index in [2.05, 4.69) is 23.6 Å². The molecule has 204 valence electrons. The molecule has 0 amide bonds. The summed E-state index contributed by atoms with van der Waals surface area (Å²) in [4.78, 5) is 30.9. The van der Waals surface area contributed by atoms with Crippen LogP contribution in [0.1, 0.15) is 50.4 Å². The number of hydrogen-bond acceptors (Lipinski definition) is 8. The molecule has 2 saturated heterocycles. The van der Waals surface area contributed by atoms with E-state index >= 15 is 0 Å². The summed E-state index contributed by atoms with van der Waals surface area (Å²) in [7, 11) is 0. The van der Waals surface area contributed by atoms with Crippen LogP contribution in [0.4, 0.5) is 5.82 Å². The van der Waals surface area contributed by atoms with Crippen LogP contribution in [0.2, 0.25) is 10.0 Å². The quantitative estimate of drug-likeness (QED) is 0.490. The molecule has 0 saturated carbocycles. The Kier molecular flexibility index (Phi) is 9.39. The summed E-state index contributed by atoms with van der Waals surface area (Å²) in [6.07, 6.45) is 5.67. The molecule has 4 heterocycles. The molecule has 2 fully saturated rings. The van der Waals surface area contributed by atoms with Gasteiger partial charge in [0, 0.05) is 48.2 Å². The molecule has 0 aliphatic carbocycles. The monoisotopic (exact) mass is 560 g/mol. The number of likely N-dealkylation sites (tertiary alicyclic amines) is 1. The number of aromatic nitrogens is 4. The highest BCUT2D eigenvalue weighted by Gasteiger charge is 2.35. The maximum absolute atomic E-state index is 10.3. The molecule has 0 radical (unpaired) electrons. The minimum absolute atomic E-state index is 0.127. The van der Waals surface area contributed by atoms with Crippen molar-refractivity contribution >= 4 is 46.3 Å². The molecule has 4 atom stereocenters. The second-order valence-electron chi connectivity index (χ2n) is 10.3. The Morgan fingerprint density at radius 2 is 1.95 bits per heavy atom. The average Bonchev–Trinajstić information content (AvgIpc) is 3.24. The molecule has 2 aromatic heterocycles. The highest BCUT2D eigenvalue weighted by molar-refractivity contribution is 6.35. The zero-order chi connectivity index (χ0) is 27.4. The van der Waals surface area contributed by atoms with Crippen LogP contribution in [0.25, 0.3) is 11.2 Å². The fraction of sp³-hybridized carbons (Fsp3) is 0.556. The number of anilines is 1. The van der Waals surface area contributed by atoms with Gasteiger partial charge >= 0.3 is 6.15 Å². The molecule has 2 aliphatic rings. The van der Waals surface area contributed by atoms with Crippen LogP contribution >= 0.6 is 23.2 Å². The molecule has 0 bridgehead atoms. The standard InChI is InChI=1S/C26H34Cl2N6O.CO2/c1-16-5-4-9-32(13-16)23-8-10-33(14-19(23)15-35)24-12-29-25-17(2)31-34(26(25)30-24)18(3)21-7-6-20(27)11-22(21)28;2-1-3/h6-7,11-12,16,18-19,23,35H,4-5,8-10,13-15H2,1-3H3;/t16-,18-,19+,23+;/m1./s1. The van der Waals surface area contributed by atoms with Crippen molar-refractivity contribution in [1.82, 2.24) is 24.6 Å². The van der Waals surface area contributed by atoms with Gasteiger partial charge in [0.05, 0.1) is 17.9 Å². The lowest BCUT2D eigenvalue weighted by molar-refractivity contribution is -0.191. The molecule has 0 spiro atoms. The van der Waals surface area contributed by atoms with Crippen molar-refractivity contribution in [2.75, 3.05) is 37.7 Å². The number of halogens is 2. The molecule has 5 rings (SSSR count). The summed E-state index contributed by atoms with van der Waals surface area (Å²) in [5.74, 6) is 1.76. The maximum Gasteiger partial charge on any atom is 0.373 e. The summed E-state index contributed by atoms with van der Waals surface area (Å²) in [6, 6.07) is 5.84.